The van der Waals surface area contributed by atoms with Gasteiger partial charge in [-0.25, -0.2) is 0 Å². The van der Waals surface area contributed by atoms with Gasteiger partial charge in [0.1, 0.15) is 0 Å². The summed E-state index contributed by atoms with van der Waals surface area (Å²) in [6.45, 7) is 2.56. The summed E-state index contributed by atoms with van der Waals surface area (Å²) in [6.07, 6.45) is 1.93. The van der Waals surface area contributed by atoms with Gasteiger partial charge < -0.3 is 20.5 Å². The van der Waals surface area contributed by atoms with E-state index in [1.807, 2.05) is 25.1 Å². The van der Waals surface area contributed by atoms with E-state index in [0.29, 0.717) is 24.5 Å². The number of carbonyl (C=O) groups is 1. The SMILES string of the molecule is CCC(N)CC(=O)NCCc1ccc(OC)c(OC)c1. The molecule has 5 nitrogen and oxygen atoms in total. The number of nitrogens with one attached hydrogen (secondary N) is 1. The van der Waals surface area contributed by atoms with Crippen LogP contribution >= 0.6 is 0 Å². The zero-order valence-electron chi connectivity index (χ0n) is 12.4. The molecule has 1 amide bonds. The van der Waals surface area contributed by atoms with Crippen LogP contribution in [0.2, 0.25) is 0 Å². The average molecular weight is 280 g/mol. The highest BCUT2D eigenvalue weighted by Gasteiger charge is 2.08. The maximum absolute atomic E-state index is 11.6. The molecule has 1 aromatic rings. The maximum Gasteiger partial charge on any atom is 0.221 e. The van der Waals surface area contributed by atoms with Crippen LogP contribution < -0.4 is 20.5 Å². The highest BCUT2D eigenvalue weighted by Crippen LogP contribution is 2.27. The smallest absolute Gasteiger partial charge is 0.221 e. The minimum Gasteiger partial charge on any atom is -0.493 e. The van der Waals surface area contributed by atoms with E-state index in [1.54, 1.807) is 14.2 Å². The summed E-state index contributed by atoms with van der Waals surface area (Å²) in [5.41, 5.74) is 6.82. The third-order valence-corrected chi connectivity index (χ3v) is 3.16. The normalized spacial score (nSPS) is 11.8. The Hall–Kier alpha value is -1.75. The second-order valence-electron chi connectivity index (χ2n) is 4.66. The summed E-state index contributed by atoms with van der Waals surface area (Å²) in [4.78, 5) is 11.6. The lowest BCUT2D eigenvalue weighted by Gasteiger charge is -2.11. The fourth-order valence-corrected chi connectivity index (χ4v) is 1.84. The van der Waals surface area contributed by atoms with Gasteiger partial charge in [-0.15, -0.1) is 0 Å². The molecule has 0 aliphatic heterocycles. The second kappa shape index (κ2) is 8.43. The second-order valence-corrected chi connectivity index (χ2v) is 4.66. The molecule has 0 aromatic heterocycles. The largest absolute Gasteiger partial charge is 0.493 e. The van der Waals surface area contributed by atoms with Crippen molar-refractivity contribution in [3.05, 3.63) is 23.8 Å². The van der Waals surface area contributed by atoms with E-state index in [0.717, 1.165) is 18.4 Å². The molecule has 0 saturated carbocycles. The van der Waals surface area contributed by atoms with Crippen molar-refractivity contribution in [2.45, 2.75) is 32.2 Å². The van der Waals surface area contributed by atoms with Crippen LogP contribution in [0.1, 0.15) is 25.3 Å². The molecule has 0 bridgehead atoms. The van der Waals surface area contributed by atoms with Crippen LogP contribution in [0.3, 0.4) is 0 Å². The zero-order chi connectivity index (χ0) is 15.0. The third-order valence-electron chi connectivity index (χ3n) is 3.16. The molecule has 0 aliphatic carbocycles. The molecule has 1 aromatic carbocycles. The van der Waals surface area contributed by atoms with E-state index < -0.39 is 0 Å². The first-order valence-corrected chi connectivity index (χ1v) is 6.83. The van der Waals surface area contributed by atoms with Gasteiger partial charge in [0, 0.05) is 19.0 Å². The van der Waals surface area contributed by atoms with Crippen LogP contribution in [0.15, 0.2) is 18.2 Å². The molecule has 0 spiro atoms. The van der Waals surface area contributed by atoms with Crippen molar-refractivity contribution in [3.8, 4) is 11.5 Å². The fourth-order valence-electron chi connectivity index (χ4n) is 1.84. The monoisotopic (exact) mass is 280 g/mol. The van der Waals surface area contributed by atoms with Crippen molar-refractivity contribution in [3.63, 3.8) is 0 Å². The molecule has 3 N–H and O–H groups in total. The minimum atomic E-state index is -0.0592. The Kier molecular flexibility index (Phi) is 6.87. The standard InChI is InChI=1S/C15H24N2O3/c1-4-12(16)10-15(18)17-8-7-11-5-6-13(19-2)14(9-11)20-3/h5-6,9,12H,4,7-8,10,16H2,1-3H3,(H,17,18). The van der Waals surface area contributed by atoms with Crippen LogP contribution in [-0.2, 0) is 11.2 Å². The molecule has 1 atom stereocenters. The molecule has 20 heavy (non-hydrogen) atoms. The summed E-state index contributed by atoms with van der Waals surface area (Å²) < 4.78 is 10.4. The summed E-state index contributed by atoms with van der Waals surface area (Å²) in [5.74, 6) is 1.40. The number of carbonyl (C=O) groups excluding carboxylic acids is 1. The number of amides is 1. The maximum atomic E-state index is 11.6. The van der Waals surface area contributed by atoms with Gasteiger partial charge >= 0.3 is 0 Å². The first kappa shape index (κ1) is 16.3. The highest BCUT2D eigenvalue weighted by molar-refractivity contribution is 5.76. The van der Waals surface area contributed by atoms with Crippen molar-refractivity contribution in [2.24, 2.45) is 5.73 Å². The predicted molar refractivity (Wildman–Crippen MR) is 79.1 cm³/mol. The Bertz CT molecular complexity index is 435. The van der Waals surface area contributed by atoms with Gasteiger partial charge in [-0.3, -0.25) is 4.79 Å². The Morgan fingerprint density at radius 2 is 2.00 bits per heavy atom. The molecule has 5 heteroatoms. The van der Waals surface area contributed by atoms with Crippen LogP contribution in [-0.4, -0.2) is 32.7 Å². The quantitative estimate of drug-likeness (QED) is 0.756. The Morgan fingerprint density at radius 3 is 2.60 bits per heavy atom. The molecule has 0 saturated heterocycles. The highest BCUT2D eigenvalue weighted by atomic mass is 16.5. The summed E-state index contributed by atoms with van der Waals surface area (Å²) in [6, 6.07) is 5.69. The Morgan fingerprint density at radius 1 is 1.30 bits per heavy atom. The number of benzene rings is 1. The van der Waals surface area contributed by atoms with Gasteiger partial charge in [0.2, 0.25) is 5.91 Å². The predicted octanol–water partition coefficient (Wildman–Crippen LogP) is 1.49. The van der Waals surface area contributed by atoms with E-state index in [9.17, 15) is 4.79 Å². The van der Waals surface area contributed by atoms with E-state index in [2.05, 4.69) is 5.32 Å². The van der Waals surface area contributed by atoms with Gasteiger partial charge in [-0.1, -0.05) is 13.0 Å². The van der Waals surface area contributed by atoms with Gasteiger partial charge in [0.05, 0.1) is 14.2 Å². The summed E-state index contributed by atoms with van der Waals surface area (Å²) >= 11 is 0. The molecule has 1 rings (SSSR count). The van der Waals surface area contributed by atoms with Crippen molar-refractivity contribution < 1.29 is 14.3 Å². The van der Waals surface area contributed by atoms with Crippen LogP contribution in [0, 0.1) is 0 Å². The summed E-state index contributed by atoms with van der Waals surface area (Å²) in [7, 11) is 3.21. The van der Waals surface area contributed by atoms with Gasteiger partial charge in [-0.2, -0.15) is 0 Å². The lowest BCUT2D eigenvalue weighted by Crippen LogP contribution is -2.32. The number of hydrogen-bond donors (Lipinski definition) is 2. The Balaban J connectivity index is 2.44. The van der Waals surface area contributed by atoms with Crippen LogP contribution in [0.4, 0.5) is 0 Å². The third kappa shape index (κ3) is 5.09. The van der Waals surface area contributed by atoms with E-state index in [4.69, 9.17) is 15.2 Å². The number of rotatable bonds is 8. The van der Waals surface area contributed by atoms with Crippen molar-refractivity contribution >= 4 is 5.91 Å². The average Bonchev–Trinajstić information content (AvgIpc) is 2.46. The first-order chi connectivity index (χ1) is 9.60. The topological polar surface area (TPSA) is 73.6 Å². The van der Waals surface area contributed by atoms with Gasteiger partial charge in [0.15, 0.2) is 11.5 Å². The van der Waals surface area contributed by atoms with E-state index in [-0.39, 0.29) is 11.9 Å². The lowest BCUT2D eigenvalue weighted by molar-refractivity contribution is -0.121. The van der Waals surface area contributed by atoms with E-state index >= 15 is 0 Å². The van der Waals surface area contributed by atoms with E-state index in [1.165, 1.54) is 0 Å². The molecule has 0 radical (unpaired) electrons. The lowest BCUT2D eigenvalue weighted by atomic mass is 10.1. The molecular weight excluding hydrogens is 256 g/mol. The van der Waals surface area contributed by atoms with Crippen molar-refractivity contribution in [1.29, 1.82) is 0 Å². The Labute approximate surface area is 120 Å². The summed E-state index contributed by atoms with van der Waals surface area (Å²) in [5, 5.41) is 2.87. The molecule has 0 fully saturated rings. The minimum absolute atomic E-state index is 0.000160. The number of nitrogens with two attached hydrogens (primary N) is 1. The number of hydrogen-bond acceptors (Lipinski definition) is 4. The van der Waals surface area contributed by atoms with Gasteiger partial charge in [-0.05, 0) is 30.5 Å². The fraction of sp³-hybridized carbons (Fsp3) is 0.533. The number of methoxy groups -OCH3 is 2. The van der Waals surface area contributed by atoms with Crippen LogP contribution in [0.5, 0.6) is 11.5 Å². The van der Waals surface area contributed by atoms with Crippen molar-refractivity contribution in [1.82, 2.24) is 5.32 Å². The molecule has 1 unspecified atom stereocenters. The zero-order valence-corrected chi connectivity index (χ0v) is 12.4. The molecular formula is C15H24N2O3. The van der Waals surface area contributed by atoms with Gasteiger partial charge in [0.25, 0.3) is 0 Å². The van der Waals surface area contributed by atoms with Crippen molar-refractivity contribution in [2.75, 3.05) is 20.8 Å². The van der Waals surface area contributed by atoms with Crippen LogP contribution in [0.25, 0.3) is 0 Å². The first-order valence-electron chi connectivity index (χ1n) is 6.83. The molecule has 0 heterocycles. The molecule has 0 aliphatic rings. The number of ether oxygens (including phenoxy) is 2. The molecule has 112 valence electrons.